The van der Waals surface area contributed by atoms with E-state index in [2.05, 4.69) is 31.1 Å². The monoisotopic (exact) mass is 250 g/mol. The average molecular weight is 250 g/mol. The van der Waals surface area contributed by atoms with Crippen LogP contribution in [0.15, 0.2) is 22.8 Å². The molecule has 0 aliphatic rings. The number of rotatable bonds is 5. The number of aryl methyl sites for hydroxylation is 2. The summed E-state index contributed by atoms with van der Waals surface area (Å²) in [5.41, 5.74) is 1.14. The van der Waals surface area contributed by atoms with Gasteiger partial charge in [0.2, 0.25) is 0 Å². The molecule has 0 saturated carbocycles. The van der Waals surface area contributed by atoms with Gasteiger partial charge in [-0.05, 0) is 32.5 Å². The molecule has 2 rings (SSSR count). The van der Waals surface area contributed by atoms with E-state index in [9.17, 15) is 0 Å². The third kappa shape index (κ3) is 2.96. The van der Waals surface area contributed by atoms with Crippen LogP contribution in [0.4, 0.5) is 0 Å². The summed E-state index contributed by atoms with van der Waals surface area (Å²) < 4.78 is 5.47. The zero-order chi connectivity index (χ0) is 12.3. The van der Waals surface area contributed by atoms with Crippen LogP contribution in [0.3, 0.4) is 0 Å². The number of nitrogens with zero attached hydrogens (tertiary/aromatic N) is 1. The molecule has 0 aliphatic heterocycles. The van der Waals surface area contributed by atoms with E-state index in [-0.39, 0.29) is 6.04 Å². The quantitative estimate of drug-likeness (QED) is 0.885. The molecule has 3 nitrogen and oxygen atoms in total. The molecular weight excluding hydrogens is 232 g/mol. The second kappa shape index (κ2) is 5.47. The van der Waals surface area contributed by atoms with Crippen LogP contribution in [0.1, 0.15) is 34.3 Å². The molecule has 92 valence electrons. The highest BCUT2D eigenvalue weighted by molar-refractivity contribution is 7.11. The Hall–Kier alpha value is -1.13. The topological polar surface area (TPSA) is 38.1 Å². The Morgan fingerprint density at radius 3 is 2.82 bits per heavy atom. The molecule has 2 aromatic heterocycles. The maximum absolute atomic E-state index is 5.47. The lowest BCUT2D eigenvalue weighted by molar-refractivity contribution is 0.416. The van der Waals surface area contributed by atoms with E-state index in [4.69, 9.17) is 4.42 Å². The van der Waals surface area contributed by atoms with Crippen molar-refractivity contribution >= 4 is 11.3 Å². The number of likely N-dealkylation sites (N-methyl/N-ethyl adjacent to an activating group) is 1. The molecule has 1 N–H and O–H groups in total. The third-order valence-electron chi connectivity index (χ3n) is 2.79. The maximum atomic E-state index is 5.47. The normalized spacial score (nSPS) is 12.9. The van der Waals surface area contributed by atoms with Crippen molar-refractivity contribution in [2.45, 2.75) is 33.2 Å². The van der Waals surface area contributed by atoms with Gasteiger partial charge in [-0.3, -0.25) is 0 Å². The Kier molecular flexibility index (Phi) is 3.97. The molecule has 2 heterocycles. The van der Waals surface area contributed by atoms with Crippen molar-refractivity contribution in [2.75, 3.05) is 6.54 Å². The van der Waals surface area contributed by atoms with E-state index in [0.717, 1.165) is 24.4 Å². The molecule has 0 radical (unpaired) electrons. The van der Waals surface area contributed by atoms with E-state index in [1.165, 1.54) is 9.88 Å². The van der Waals surface area contributed by atoms with Gasteiger partial charge in [-0.2, -0.15) is 0 Å². The van der Waals surface area contributed by atoms with Crippen molar-refractivity contribution in [3.63, 3.8) is 0 Å². The van der Waals surface area contributed by atoms with E-state index in [1.54, 1.807) is 17.6 Å². The molecule has 1 unspecified atom stereocenters. The van der Waals surface area contributed by atoms with Crippen LogP contribution in [0.5, 0.6) is 0 Å². The van der Waals surface area contributed by atoms with Crippen LogP contribution in [0.25, 0.3) is 0 Å². The molecule has 0 saturated heterocycles. The van der Waals surface area contributed by atoms with Crippen LogP contribution < -0.4 is 5.32 Å². The summed E-state index contributed by atoms with van der Waals surface area (Å²) in [5.74, 6) is 0.984. The molecule has 17 heavy (non-hydrogen) atoms. The predicted octanol–water partition coefficient (Wildman–Crippen LogP) is 3.25. The molecule has 0 amide bonds. The predicted molar refractivity (Wildman–Crippen MR) is 70.4 cm³/mol. The number of furan rings is 1. The molecule has 0 aromatic carbocycles. The van der Waals surface area contributed by atoms with Gasteiger partial charge in [0, 0.05) is 11.3 Å². The lowest BCUT2D eigenvalue weighted by atomic mass is 10.1. The minimum Gasteiger partial charge on any atom is -0.468 e. The highest BCUT2D eigenvalue weighted by Crippen LogP contribution is 2.23. The Balaban J connectivity index is 2.13. The first-order valence-corrected chi connectivity index (χ1v) is 6.72. The summed E-state index contributed by atoms with van der Waals surface area (Å²) >= 11 is 1.77. The van der Waals surface area contributed by atoms with Crippen molar-refractivity contribution < 1.29 is 4.42 Å². The Labute approximate surface area is 106 Å². The number of thiazole rings is 1. The van der Waals surface area contributed by atoms with E-state index >= 15 is 0 Å². The fourth-order valence-corrected chi connectivity index (χ4v) is 2.79. The zero-order valence-corrected chi connectivity index (χ0v) is 11.3. The van der Waals surface area contributed by atoms with Gasteiger partial charge in [-0.25, -0.2) is 4.98 Å². The lowest BCUT2D eigenvalue weighted by Gasteiger charge is -2.13. The van der Waals surface area contributed by atoms with E-state index < -0.39 is 0 Å². The van der Waals surface area contributed by atoms with Gasteiger partial charge < -0.3 is 9.73 Å². The number of hydrogen-bond donors (Lipinski definition) is 1. The number of aromatic nitrogens is 1. The highest BCUT2D eigenvalue weighted by atomic mass is 32.1. The molecule has 0 aliphatic carbocycles. The first-order valence-electron chi connectivity index (χ1n) is 5.90. The van der Waals surface area contributed by atoms with Crippen LogP contribution in [0, 0.1) is 13.8 Å². The fraction of sp³-hybridized carbons (Fsp3) is 0.462. The standard InChI is InChI=1S/C13H18N2OS/c1-4-14-11(12-6-5-7-16-12)8-13-15-9(2)10(3)17-13/h5-7,11,14H,4,8H2,1-3H3. The van der Waals surface area contributed by atoms with Crippen molar-refractivity contribution in [1.82, 2.24) is 10.3 Å². The lowest BCUT2D eigenvalue weighted by Crippen LogP contribution is -2.22. The zero-order valence-electron chi connectivity index (χ0n) is 10.5. The summed E-state index contributed by atoms with van der Waals surface area (Å²) in [4.78, 5) is 5.88. The molecule has 1 atom stereocenters. The van der Waals surface area contributed by atoms with E-state index in [0.29, 0.717) is 0 Å². The minimum absolute atomic E-state index is 0.222. The SMILES string of the molecule is CCNC(Cc1nc(C)c(C)s1)c1ccco1. The van der Waals surface area contributed by atoms with Crippen molar-refractivity contribution in [2.24, 2.45) is 0 Å². The van der Waals surface area contributed by atoms with Gasteiger partial charge in [0.05, 0.1) is 23.0 Å². The first-order chi connectivity index (χ1) is 8.20. The highest BCUT2D eigenvalue weighted by Gasteiger charge is 2.16. The van der Waals surface area contributed by atoms with Crippen LogP contribution in [0.2, 0.25) is 0 Å². The number of hydrogen-bond acceptors (Lipinski definition) is 4. The summed E-state index contributed by atoms with van der Waals surface area (Å²) in [7, 11) is 0. The Morgan fingerprint density at radius 1 is 1.47 bits per heavy atom. The summed E-state index contributed by atoms with van der Waals surface area (Å²) in [6.45, 7) is 7.21. The second-order valence-electron chi connectivity index (χ2n) is 4.08. The van der Waals surface area contributed by atoms with Crippen molar-refractivity contribution in [3.8, 4) is 0 Å². The summed E-state index contributed by atoms with van der Waals surface area (Å²) in [5, 5.41) is 4.60. The van der Waals surface area contributed by atoms with Gasteiger partial charge in [-0.15, -0.1) is 11.3 Å². The first kappa shape index (κ1) is 12.3. The van der Waals surface area contributed by atoms with Crippen LogP contribution in [-0.2, 0) is 6.42 Å². The summed E-state index contributed by atoms with van der Waals surface area (Å²) in [6.07, 6.45) is 2.61. The molecular formula is C13H18N2OS. The van der Waals surface area contributed by atoms with Crippen LogP contribution in [-0.4, -0.2) is 11.5 Å². The molecule has 0 fully saturated rings. The van der Waals surface area contributed by atoms with Gasteiger partial charge in [0.1, 0.15) is 5.76 Å². The minimum atomic E-state index is 0.222. The van der Waals surface area contributed by atoms with Crippen molar-refractivity contribution in [1.29, 1.82) is 0 Å². The average Bonchev–Trinajstić information content (AvgIpc) is 2.89. The fourth-order valence-electron chi connectivity index (χ4n) is 1.81. The number of nitrogens with one attached hydrogen (secondary N) is 1. The maximum Gasteiger partial charge on any atom is 0.121 e. The molecule has 0 spiro atoms. The third-order valence-corrected chi connectivity index (χ3v) is 3.88. The van der Waals surface area contributed by atoms with Gasteiger partial charge >= 0.3 is 0 Å². The van der Waals surface area contributed by atoms with Crippen LogP contribution >= 0.6 is 11.3 Å². The van der Waals surface area contributed by atoms with E-state index in [1.807, 2.05) is 12.1 Å². The Morgan fingerprint density at radius 2 is 2.29 bits per heavy atom. The Bertz CT molecular complexity index is 442. The smallest absolute Gasteiger partial charge is 0.121 e. The van der Waals surface area contributed by atoms with Crippen molar-refractivity contribution in [3.05, 3.63) is 39.7 Å². The molecule has 2 aromatic rings. The second-order valence-corrected chi connectivity index (χ2v) is 5.37. The van der Waals surface area contributed by atoms with Gasteiger partial charge in [0.25, 0.3) is 0 Å². The van der Waals surface area contributed by atoms with Gasteiger partial charge in [0.15, 0.2) is 0 Å². The molecule has 0 bridgehead atoms. The molecule has 4 heteroatoms. The summed E-state index contributed by atoms with van der Waals surface area (Å²) in [6, 6.07) is 4.17. The largest absolute Gasteiger partial charge is 0.468 e. The van der Waals surface area contributed by atoms with Gasteiger partial charge in [-0.1, -0.05) is 6.92 Å².